The minimum Gasteiger partial charge on any atom is -0.504 e. The van der Waals surface area contributed by atoms with Crippen LogP contribution in [0, 0.1) is 5.92 Å². The second-order valence-electron chi connectivity index (χ2n) is 14.6. The highest BCUT2D eigenvalue weighted by Crippen LogP contribution is 2.41. The van der Waals surface area contributed by atoms with Gasteiger partial charge in [-0.25, -0.2) is 0 Å². The zero-order valence-corrected chi connectivity index (χ0v) is 31.7. The van der Waals surface area contributed by atoms with Gasteiger partial charge in [-0.2, -0.15) is 0 Å². The number of esters is 1. The molecule has 6 rings (SSSR count). The van der Waals surface area contributed by atoms with E-state index in [4.69, 9.17) is 9.47 Å². The largest absolute Gasteiger partial charge is 0.504 e. The number of phenolic OH excluding ortho intramolecular Hbond substituents is 2. The Bertz CT molecular complexity index is 2060. The van der Waals surface area contributed by atoms with Crippen LogP contribution < -0.4 is 15.0 Å². The summed E-state index contributed by atoms with van der Waals surface area (Å²) in [4.78, 5) is 44.2. The molecular formula is C43H52N4O7. The van der Waals surface area contributed by atoms with Gasteiger partial charge in [-0.15, -0.1) is 0 Å². The molecule has 11 heteroatoms. The van der Waals surface area contributed by atoms with Crippen LogP contribution in [-0.2, 0) is 32.0 Å². The molecule has 11 nitrogen and oxygen atoms in total. The maximum Gasteiger partial charge on any atom is 0.302 e. The van der Waals surface area contributed by atoms with Crippen LogP contribution in [0.5, 0.6) is 17.2 Å². The number of carbonyl (C=O) groups excluding carboxylic acids is 3. The van der Waals surface area contributed by atoms with Crippen molar-refractivity contribution in [2.45, 2.75) is 90.7 Å². The van der Waals surface area contributed by atoms with Crippen LogP contribution in [0.3, 0.4) is 0 Å². The number of ketones is 2. The van der Waals surface area contributed by atoms with Crippen LogP contribution in [0.1, 0.15) is 88.4 Å². The molecule has 0 saturated carbocycles. The number of Topliss-reactive ketones (excluding diaryl/α,β-unsaturated/α-hetero) is 2. The number of nitrogens with one attached hydrogen (secondary N) is 2. The van der Waals surface area contributed by atoms with E-state index in [0.29, 0.717) is 37.4 Å². The maximum atomic E-state index is 14.1. The van der Waals surface area contributed by atoms with Crippen molar-refractivity contribution in [2.24, 2.45) is 5.92 Å². The number of fused-ring (bicyclic) bond motifs is 3. The van der Waals surface area contributed by atoms with E-state index in [1.807, 2.05) is 35.2 Å². The molecule has 0 spiro atoms. The fraction of sp³-hybridized carbons (Fsp3) is 0.419. The molecule has 2 aromatic carbocycles. The number of dihydropyridines is 1. The molecule has 3 atom stereocenters. The van der Waals surface area contributed by atoms with Gasteiger partial charge >= 0.3 is 5.97 Å². The summed E-state index contributed by atoms with van der Waals surface area (Å²) >= 11 is 0. The highest BCUT2D eigenvalue weighted by molar-refractivity contribution is 5.95. The first-order chi connectivity index (χ1) is 26.0. The Morgan fingerprint density at radius 1 is 1.00 bits per heavy atom. The number of aromatic amines is 1. The summed E-state index contributed by atoms with van der Waals surface area (Å²) < 4.78 is 13.1. The van der Waals surface area contributed by atoms with Crippen LogP contribution in [0.25, 0.3) is 10.8 Å². The molecule has 4 N–H and O–H groups in total. The van der Waals surface area contributed by atoms with Gasteiger partial charge in [0.05, 0.1) is 18.8 Å². The molecule has 0 aliphatic carbocycles. The molecule has 0 saturated heterocycles. The molecule has 0 radical (unpaired) electrons. The van der Waals surface area contributed by atoms with Gasteiger partial charge in [0.15, 0.2) is 11.5 Å². The molecule has 4 heterocycles. The number of aromatic hydroxyl groups is 2. The minimum absolute atomic E-state index is 0.0281. The fourth-order valence-electron chi connectivity index (χ4n) is 7.81. The molecule has 0 amide bonds. The number of nitrogens with zero attached hydrogens (tertiary/aromatic N) is 2. The number of hydrogen-bond acceptors (Lipinski definition) is 9. The molecule has 3 unspecified atom stereocenters. The van der Waals surface area contributed by atoms with E-state index in [1.54, 1.807) is 13.0 Å². The molecule has 4 aromatic rings. The lowest BCUT2D eigenvalue weighted by Crippen LogP contribution is -2.35. The average Bonchev–Trinajstić information content (AvgIpc) is 3.79. The molecule has 2 aliphatic rings. The van der Waals surface area contributed by atoms with Crippen molar-refractivity contribution in [1.29, 1.82) is 0 Å². The maximum absolute atomic E-state index is 14.1. The Labute approximate surface area is 316 Å². The molecule has 2 aromatic heterocycles. The van der Waals surface area contributed by atoms with Crippen molar-refractivity contribution in [1.82, 2.24) is 14.9 Å². The lowest BCUT2D eigenvalue weighted by molar-refractivity contribution is -0.148. The van der Waals surface area contributed by atoms with Crippen molar-refractivity contribution >= 4 is 34.0 Å². The van der Waals surface area contributed by atoms with Gasteiger partial charge in [0.2, 0.25) is 5.75 Å². The number of anilines is 1. The number of H-pyrrole nitrogens is 1. The number of hydrogen-bond donors (Lipinski definition) is 4. The van der Waals surface area contributed by atoms with Crippen LogP contribution in [0.15, 0.2) is 78.7 Å². The smallest absolute Gasteiger partial charge is 0.302 e. The van der Waals surface area contributed by atoms with Crippen LogP contribution >= 0.6 is 0 Å². The van der Waals surface area contributed by atoms with Gasteiger partial charge in [0.25, 0.3) is 0 Å². The highest BCUT2D eigenvalue weighted by atomic mass is 16.5. The van der Waals surface area contributed by atoms with Gasteiger partial charge in [-0.3, -0.25) is 14.4 Å². The molecule has 286 valence electrons. The van der Waals surface area contributed by atoms with Crippen molar-refractivity contribution in [2.75, 3.05) is 25.1 Å². The number of methoxy groups -OCH3 is 1. The third-order valence-corrected chi connectivity index (χ3v) is 10.8. The molecular weight excluding hydrogens is 684 g/mol. The predicted molar refractivity (Wildman–Crippen MR) is 209 cm³/mol. The summed E-state index contributed by atoms with van der Waals surface area (Å²) in [5.74, 6) is 0.142. The zero-order chi connectivity index (χ0) is 38.4. The van der Waals surface area contributed by atoms with E-state index in [0.717, 1.165) is 54.4 Å². The van der Waals surface area contributed by atoms with Crippen molar-refractivity contribution in [3.63, 3.8) is 0 Å². The van der Waals surface area contributed by atoms with E-state index in [-0.39, 0.29) is 41.7 Å². The first-order valence-corrected chi connectivity index (χ1v) is 19.0. The number of carbonyl (C=O) groups is 3. The fourth-order valence-corrected chi connectivity index (χ4v) is 7.81. The minimum atomic E-state index is -0.604. The number of benzene rings is 2. The number of rotatable bonds is 7. The van der Waals surface area contributed by atoms with Gasteiger partial charge in [-0.05, 0) is 91.5 Å². The summed E-state index contributed by atoms with van der Waals surface area (Å²) in [6, 6.07) is 8.52. The summed E-state index contributed by atoms with van der Waals surface area (Å²) in [5, 5.41) is 26.6. The first-order valence-electron chi connectivity index (χ1n) is 19.0. The third-order valence-electron chi connectivity index (χ3n) is 10.8. The Kier molecular flexibility index (Phi) is 12.1. The van der Waals surface area contributed by atoms with Crippen LogP contribution in [0.2, 0.25) is 0 Å². The Morgan fingerprint density at radius 3 is 2.57 bits per heavy atom. The number of allylic oxidation sites excluding steroid dienone is 2. The third kappa shape index (κ3) is 9.01. The SMILES string of the molecule is CCC1CCC(OC(C)=O)CC(=O)CC(c2cc(O)c(O)c(OC)c2)n2cc3cccc(c3c2)N(CCC(C)=O)C2=CC(=CCN2)CCc2c[nH]cc2C1. The number of aromatic nitrogens is 2. The summed E-state index contributed by atoms with van der Waals surface area (Å²) in [7, 11) is 1.41. The van der Waals surface area contributed by atoms with Crippen LogP contribution in [0.4, 0.5) is 5.69 Å². The number of aryl methyl sites for hydroxylation is 1. The Hall–Kier alpha value is -5.45. The topological polar surface area (TPSA) is 146 Å². The second-order valence-corrected chi connectivity index (χ2v) is 14.6. The van der Waals surface area contributed by atoms with Crippen molar-refractivity contribution in [3.8, 4) is 17.2 Å². The second kappa shape index (κ2) is 17.1. The molecule has 54 heavy (non-hydrogen) atoms. The lowest BCUT2D eigenvalue weighted by Gasteiger charge is -2.30. The van der Waals surface area contributed by atoms with Crippen LogP contribution in [-0.4, -0.2) is 63.6 Å². The van der Waals surface area contributed by atoms with Gasteiger partial charge in [0.1, 0.15) is 23.5 Å². The lowest BCUT2D eigenvalue weighted by atomic mass is 9.89. The highest BCUT2D eigenvalue weighted by Gasteiger charge is 2.27. The van der Waals surface area contributed by atoms with E-state index >= 15 is 0 Å². The summed E-state index contributed by atoms with van der Waals surface area (Å²) in [6.45, 7) is 6.28. The monoisotopic (exact) mass is 736 g/mol. The first kappa shape index (κ1) is 38.3. The molecule has 0 fully saturated rings. The summed E-state index contributed by atoms with van der Waals surface area (Å²) in [5.41, 5.74) is 5.25. The standard InChI is InChI=1S/C43H52N4O7/c1-5-29-10-12-36(54-28(3)49)21-35(50)22-39(33-19-40(51)43(52)41(20-33)53-4)46-25-32-7-6-8-38(37(32)26-46)47(16-14-27(2)48)42-18-30(13-15-45-42)9-11-31-23-44-24-34(31)17-29/h6-8,13,18-20,23-26,29,36,39,44-45,51-52H,5,9-12,14-17,21-22H2,1-4H3. The van der Waals surface area contributed by atoms with E-state index in [1.165, 1.54) is 36.8 Å². The van der Waals surface area contributed by atoms with E-state index in [9.17, 15) is 24.6 Å². The molecule has 2 aliphatic heterocycles. The van der Waals surface area contributed by atoms with Crippen molar-refractivity contribution in [3.05, 3.63) is 95.4 Å². The Morgan fingerprint density at radius 2 is 1.81 bits per heavy atom. The summed E-state index contributed by atoms with van der Waals surface area (Å²) in [6.07, 6.45) is 17.3. The van der Waals surface area contributed by atoms with Crippen molar-refractivity contribution < 1.29 is 34.1 Å². The predicted octanol–water partition coefficient (Wildman–Crippen LogP) is 7.41. The number of phenols is 2. The van der Waals surface area contributed by atoms with Gasteiger partial charge < -0.3 is 39.5 Å². The van der Waals surface area contributed by atoms with Gasteiger partial charge in [-0.1, -0.05) is 31.6 Å². The average molecular weight is 737 g/mol. The quantitative estimate of drug-likeness (QED) is 0.113. The Balaban J connectivity index is 1.47. The number of ether oxygens (including phenoxy) is 2. The van der Waals surface area contributed by atoms with Gasteiger partial charge in [0, 0.05) is 74.8 Å². The molecule has 4 bridgehead atoms. The van der Waals surface area contributed by atoms with E-state index in [2.05, 4.69) is 46.7 Å². The van der Waals surface area contributed by atoms with E-state index < -0.39 is 18.1 Å². The zero-order valence-electron chi connectivity index (χ0n) is 31.7. The normalized spacial score (nSPS) is 20.0.